The van der Waals surface area contributed by atoms with Crippen LogP contribution in [0, 0.1) is 13.8 Å². The minimum atomic E-state index is -0.588. The fourth-order valence-electron chi connectivity index (χ4n) is 3.96. The van der Waals surface area contributed by atoms with E-state index in [0.29, 0.717) is 41.5 Å². The maximum atomic E-state index is 12.6. The smallest absolute Gasteiger partial charge is 0.258 e. The second kappa shape index (κ2) is 9.18. The number of hydrogen-bond donors (Lipinski definition) is 3. The molecular weight excluding hydrogens is 448 g/mol. The van der Waals surface area contributed by atoms with Gasteiger partial charge >= 0.3 is 0 Å². The van der Waals surface area contributed by atoms with Crippen molar-refractivity contribution >= 4 is 29.2 Å². The number of hydrogen-bond acceptors (Lipinski definition) is 7. The van der Waals surface area contributed by atoms with Crippen LogP contribution >= 0.6 is 12.6 Å². The zero-order valence-electron chi connectivity index (χ0n) is 18.8. The van der Waals surface area contributed by atoms with Crippen LogP contribution in [-0.4, -0.2) is 24.7 Å². The van der Waals surface area contributed by atoms with Crippen LogP contribution in [0.5, 0.6) is 0 Å². The lowest BCUT2D eigenvalue weighted by Gasteiger charge is -2.15. The molecule has 0 aliphatic carbocycles. The fourth-order valence-corrected chi connectivity index (χ4v) is 4.27. The Balaban J connectivity index is 1.50. The molecule has 0 bridgehead atoms. The summed E-state index contributed by atoms with van der Waals surface area (Å²) >= 11 is 4.77. The minimum absolute atomic E-state index is 0.214. The van der Waals surface area contributed by atoms with E-state index in [4.69, 9.17) is 17.0 Å². The highest BCUT2D eigenvalue weighted by Gasteiger charge is 2.23. The van der Waals surface area contributed by atoms with Gasteiger partial charge in [-0.2, -0.15) is 12.6 Å². The molecule has 8 nitrogen and oxygen atoms in total. The van der Waals surface area contributed by atoms with E-state index < -0.39 is 5.25 Å². The molecule has 5 aromatic rings. The number of fused-ring (bicyclic) bond motifs is 1. The number of H-pyrrole nitrogens is 1. The molecular formula is C25H24N6O2S. The van der Waals surface area contributed by atoms with Crippen molar-refractivity contribution in [2.75, 3.05) is 5.32 Å². The molecule has 0 amide bonds. The molecule has 0 fully saturated rings. The van der Waals surface area contributed by atoms with Crippen LogP contribution in [0.2, 0.25) is 0 Å². The van der Waals surface area contributed by atoms with E-state index in [-0.39, 0.29) is 5.56 Å². The first-order valence-electron chi connectivity index (χ1n) is 10.9. The Morgan fingerprint density at radius 3 is 2.76 bits per heavy atom. The molecule has 0 aliphatic rings. The van der Waals surface area contributed by atoms with Gasteiger partial charge in [0.1, 0.15) is 16.8 Å². The summed E-state index contributed by atoms with van der Waals surface area (Å²) in [6, 6.07) is 17.2. The predicted octanol–water partition coefficient (Wildman–Crippen LogP) is 4.40. The summed E-state index contributed by atoms with van der Waals surface area (Å²) in [5, 5.41) is 12.2. The highest BCUT2D eigenvalue weighted by molar-refractivity contribution is 7.80. The molecule has 3 heterocycles. The highest BCUT2D eigenvalue weighted by Crippen LogP contribution is 2.26. The molecule has 5 rings (SSSR count). The lowest BCUT2D eigenvalue weighted by atomic mass is 10.1. The molecule has 0 aliphatic heterocycles. The Hall–Kier alpha value is -3.85. The number of rotatable bonds is 7. The summed E-state index contributed by atoms with van der Waals surface area (Å²) in [5.74, 6) is 2.45. The molecule has 2 N–H and O–H groups in total. The molecule has 0 spiro atoms. The highest BCUT2D eigenvalue weighted by atomic mass is 32.1. The van der Waals surface area contributed by atoms with E-state index in [1.807, 2.05) is 28.8 Å². The van der Waals surface area contributed by atoms with Crippen LogP contribution in [0.1, 0.15) is 39.6 Å². The van der Waals surface area contributed by atoms with Gasteiger partial charge in [-0.05, 0) is 49.7 Å². The number of aromatic nitrogens is 5. The van der Waals surface area contributed by atoms with Crippen molar-refractivity contribution in [2.45, 2.75) is 32.2 Å². The van der Waals surface area contributed by atoms with Gasteiger partial charge in [0.15, 0.2) is 11.6 Å². The molecule has 1 unspecified atom stereocenters. The Bertz CT molecular complexity index is 1510. The molecule has 0 radical (unpaired) electrons. The molecule has 2 aromatic carbocycles. The normalized spacial score (nSPS) is 12.2. The molecule has 172 valence electrons. The number of anilines is 1. The summed E-state index contributed by atoms with van der Waals surface area (Å²) < 4.78 is 7.53. The van der Waals surface area contributed by atoms with Crippen molar-refractivity contribution in [3.05, 3.63) is 106 Å². The van der Waals surface area contributed by atoms with Crippen molar-refractivity contribution in [3.63, 3.8) is 0 Å². The zero-order chi connectivity index (χ0) is 23.7. The third kappa shape index (κ3) is 4.34. The average molecular weight is 473 g/mol. The molecule has 1 atom stereocenters. The van der Waals surface area contributed by atoms with Crippen LogP contribution in [-0.2, 0) is 13.1 Å². The summed E-state index contributed by atoms with van der Waals surface area (Å²) in [4.78, 5) is 20.1. The first kappa shape index (κ1) is 22.0. The van der Waals surface area contributed by atoms with E-state index >= 15 is 0 Å². The lowest BCUT2D eigenvalue weighted by molar-refractivity contribution is 0.484. The molecule has 34 heavy (non-hydrogen) atoms. The zero-order valence-corrected chi connectivity index (χ0v) is 19.7. The number of nitrogens with one attached hydrogen (secondary N) is 2. The number of para-hydroxylation sites is 1. The van der Waals surface area contributed by atoms with Gasteiger partial charge in [-0.3, -0.25) is 4.79 Å². The number of furan rings is 1. The standard InChI is InChI=1S/C25H24N6O2S/c1-15-9-10-19(16(2)12-15)26-13-21-29-30-24(31(21)14-17-6-5-11-33-17)22(34)23-27-20-8-4-3-7-18(20)25(32)28-23/h3-12,22,26,34H,13-14H2,1-2H3,(H,27,28,32). The molecule has 3 aromatic heterocycles. The maximum Gasteiger partial charge on any atom is 0.258 e. The van der Waals surface area contributed by atoms with Gasteiger partial charge in [-0.25, -0.2) is 4.98 Å². The van der Waals surface area contributed by atoms with Gasteiger partial charge in [0.25, 0.3) is 5.56 Å². The van der Waals surface area contributed by atoms with Crippen LogP contribution in [0.4, 0.5) is 5.69 Å². The van der Waals surface area contributed by atoms with Gasteiger partial charge in [-0.15, -0.1) is 10.2 Å². The fraction of sp³-hybridized carbons (Fsp3) is 0.200. The predicted molar refractivity (Wildman–Crippen MR) is 134 cm³/mol. The summed E-state index contributed by atoms with van der Waals surface area (Å²) in [6.45, 7) is 5.02. The molecule has 0 saturated carbocycles. The van der Waals surface area contributed by atoms with E-state index in [2.05, 4.69) is 57.5 Å². The largest absolute Gasteiger partial charge is 0.467 e. The van der Waals surface area contributed by atoms with Gasteiger partial charge in [-0.1, -0.05) is 29.8 Å². The van der Waals surface area contributed by atoms with Crippen LogP contribution < -0.4 is 10.9 Å². The Kier molecular flexibility index (Phi) is 5.93. The van der Waals surface area contributed by atoms with Gasteiger partial charge in [0, 0.05) is 5.69 Å². The van der Waals surface area contributed by atoms with Gasteiger partial charge in [0.2, 0.25) is 0 Å². The quantitative estimate of drug-likeness (QED) is 0.304. The van der Waals surface area contributed by atoms with E-state index in [1.165, 1.54) is 5.56 Å². The van der Waals surface area contributed by atoms with Gasteiger partial charge in [0.05, 0.1) is 30.3 Å². The van der Waals surface area contributed by atoms with Crippen molar-refractivity contribution in [1.82, 2.24) is 24.7 Å². The van der Waals surface area contributed by atoms with Crippen molar-refractivity contribution in [2.24, 2.45) is 0 Å². The molecule has 0 saturated heterocycles. The number of aryl methyl sites for hydroxylation is 2. The second-order valence-corrected chi connectivity index (χ2v) is 8.70. The van der Waals surface area contributed by atoms with Crippen LogP contribution in [0.3, 0.4) is 0 Å². The Labute approximate surface area is 201 Å². The Morgan fingerprint density at radius 1 is 1.12 bits per heavy atom. The maximum absolute atomic E-state index is 12.6. The van der Waals surface area contributed by atoms with Gasteiger partial charge < -0.3 is 19.3 Å². The number of aromatic amines is 1. The lowest BCUT2D eigenvalue weighted by Crippen LogP contribution is -2.17. The number of benzene rings is 2. The Morgan fingerprint density at radius 2 is 1.97 bits per heavy atom. The van der Waals surface area contributed by atoms with Crippen LogP contribution in [0.15, 0.2) is 70.1 Å². The second-order valence-electron chi connectivity index (χ2n) is 8.18. The van der Waals surface area contributed by atoms with Crippen molar-refractivity contribution in [3.8, 4) is 0 Å². The monoisotopic (exact) mass is 472 g/mol. The summed E-state index contributed by atoms with van der Waals surface area (Å²) in [6.07, 6.45) is 1.63. The number of thiol groups is 1. The van der Waals surface area contributed by atoms with Crippen molar-refractivity contribution < 1.29 is 4.42 Å². The first-order chi connectivity index (χ1) is 16.5. The minimum Gasteiger partial charge on any atom is -0.467 e. The third-order valence-electron chi connectivity index (χ3n) is 5.70. The SMILES string of the molecule is Cc1ccc(NCc2nnc(C(S)c3nc4ccccc4c(=O)[nH]3)n2Cc2ccco2)c(C)c1. The van der Waals surface area contributed by atoms with Crippen LogP contribution in [0.25, 0.3) is 10.9 Å². The van der Waals surface area contributed by atoms with E-state index in [1.54, 1.807) is 18.4 Å². The number of nitrogens with zero attached hydrogens (tertiary/aromatic N) is 4. The molecule has 9 heteroatoms. The van der Waals surface area contributed by atoms with E-state index in [9.17, 15) is 4.79 Å². The summed E-state index contributed by atoms with van der Waals surface area (Å²) in [5.41, 5.74) is 3.79. The third-order valence-corrected chi connectivity index (χ3v) is 6.18. The average Bonchev–Trinajstić information content (AvgIpc) is 3.48. The summed E-state index contributed by atoms with van der Waals surface area (Å²) in [7, 11) is 0. The van der Waals surface area contributed by atoms with E-state index in [0.717, 1.165) is 17.0 Å². The first-order valence-corrected chi connectivity index (χ1v) is 11.4. The van der Waals surface area contributed by atoms with Crippen molar-refractivity contribution in [1.29, 1.82) is 0 Å². The topological polar surface area (TPSA) is 102 Å².